The van der Waals surface area contributed by atoms with Crippen LogP contribution in [-0.4, -0.2) is 17.5 Å². The normalized spacial score (nSPS) is 11.7. The van der Waals surface area contributed by atoms with Gasteiger partial charge in [-0.15, -0.1) is 16.4 Å². The third kappa shape index (κ3) is 2.90. The molecule has 7 heteroatoms. The molecule has 0 aliphatic heterocycles. The summed E-state index contributed by atoms with van der Waals surface area (Å²) in [4.78, 5) is 4.72. The number of rotatable bonds is 4. The van der Waals surface area contributed by atoms with E-state index in [1.54, 1.807) is 11.3 Å². The highest BCUT2D eigenvalue weighted by Crippen LogP contribution is 2.36. The van der Waals surface area contributed by atoms with Crippen molar-refractivity contribution in [1.82, 2.24) is 10.4 Å². The van der Waals surface area contributed by atoms with Crippen molar-refractivity contribution in [1.29, 1.82) is 0 Å². The van der Waals surface area contributed by atoms with Crippen molar-refractivity contribution >= 4 is 44.9 Å². The number of hydrazine groups is 1. The van der Waals surface area contributed by atoms with Crippen molar-refractivity contribution in [2.24, 2.45) is 16.0 Å². The molecule has 0 saturated carbocycles. The summed E-state index contributed by atoms with van der Waals surface area (Å²) in [7, 11) is 0. The van der Waals surface area contributed by atoms with Gasteiger partial charge in [0.2, 0.25) is 5.88 Å². The van der Waals surface area contributed by atoms with Crippen LogP contribution in [0.25, 0.3) is 21.0 Å². The van der Waals surface area contributed by atoms with Gasteiger partial charge in [0, 0.05) is 22.4 Å². The lowest BCUT2D eigenvalue weighted by atomic mass is 10.1. The Labute approximate surface area is 153 Å². The molecule has 0 radical (unpaired) electrons. The van der Waals surface area contributed by atoms with E-state index in [0.717, 1.165) is 32.3 Å². The van der Waals surface area contributed by atoms with Crippen molar-refractivity contribution in [3.63, 3.8) is 0 Å². The maximum Gasteiger partial charge on any atom is 0.228 e. The van der Waals surface area contributed by atoms with Crippen LogP contribution in [0.1, 0.15) is 5.56 Å². The molecule has 6 nitrogen and oxygen atoms in total. The highest BCUT2D eigenvalue weighted by atomic mass is 32.1. The SMILES string of the molecule is C=N/N=C(\NN)c1ccc2c(c1)nc(Oc1ccccc1)c1ccsc12. The van der Waals surface area contributed by atoms with Crippen molar-refractivity contribution < 1.29 is 4.74 Å². The number of amidine groups is 1. The third-order valence-electron chi connectivity index (χ3n) is 3.90. The van der Waals surface area contributed by atoms with Crippen LogP contribution in [0.15, 0.2) is 70.2 Å². The number of aromatic nitrogens is 1. The summed E-state index contributed by atoms with van der Waals surface area (Å²) >= 11 is 1.65. The Balaban J connectivity index is 1.89. The molecule has 26 heavy (non-hydrogen) atoms. The molecular weight excluding hydrogens is 346 g/mol. The lowest BCUT2D eigenvalue weighted by Crippen LogP contribution is -2.30. The first kappa shape index (κ1) is 16.2. The molecule has 0 unspecified atom stereocenters. The second-order valence-corrected chi connectivity index (χ2v) is 6.38. The zero-order valence-corrected chi connectivity index (χ0v) is 14.5. The number of thiophene rings is 1. The number of hydrogen-bond donors (Lipinski definition) is 2. The minimum absolute atomic E-state index is 0.417. The number of ether oxygens (including phenoxy) is 1. The first-order valence-electron chi connectivity index (χ1n) is 7.84. The number of nitrogens with zero attached hydrogens (tertiary/aromatic N) is 3. The van der Waals surface area contributed by atoms with E-state index in [2.05, 4.69) is 22.3 Å². The van der Waals surface area contributed by atoms with Gasteiger partial charge < -0.3 is 10.2 Å². The number of pyridine rings is 1. The van der Waals surface area contributed by atoms with E-state index in [1.165, 1.54) is 0 Å². The van der Waals surface area contributed by atoms with Crippen LogP contribution in [0, 0.1) is 0 Å². The molecule has 2 aromatic heterocycles. The largest absolute Gasteiger partial charge is 0.438 e. The van der Waals surface area contributed by atoms with Crippen LogP contribution in [0.5, 0.6) is 11.6 Å². The number of hydrogen-bond acceptors (Lipinski definition) is 6. The van der Waals surface area contributed by atoms with Gasteiger partial charge in [-0.3, -0.25) is 0 Å². The molecule has 0 saturated heterocycles. The molecule has 4 aromatic rings. The lowest BCUT2D eigenvalue weighted by Gasteiger charge is -2.10. The van der Waals surface area contributed by atoms with Crippen LogP contribution in [-0.2, 0) is 0 Å². The molecular formula is C19H15N5OS. The summed E-state index contributed by atoms with van der Waals surface area (Å²) in [5.74, 6) is 7.25. The average Bonchev–Trinajstić information content (AvgIpc) is 3.17. The molecule has 4 rings (SSSR count). The minimum Gasteiger partial charge on any atom is -0.438 e. The fraction of sp³-hybridized carbons (Fsp3) is 0. The summed E-state index contributed by atoms with van der Waals surface area (Å²) in [6.07, 6.45) is 0. The monoisotopic (exact) mass is 361 g/mol. The Morgan fingerprint density at radius 2 is 1.96 bits per heavy atom. The van der Waals surface area contributed by atoms with Gasteiger partial charge in [0.25, 0.3) is 0 Å². The zero-order valence-electron chi connectivity index (χ0n) is 13.7. The summed E-state index contributed by atoms with van der Waals surface area (Å²) in [5, 5.41) is 11.5. The Kier molecular flexibility index (Phi) is 4.30. The van der Waals surface area contributed by atoms with Crippen LogP contribution < -0.4 is 16.0 Å². The molecule has 0 aliphatic rings. The van der Waals surface area contributed by atoms with Gasteiger partial charge in [-0.1, -0.05) is 30.3 Å². The highest BCUT2D eigenvalue weighted by molar-refractivity contribution is 7.18. The van der Waals surface area contributed by atoms with Crippen molar-refractivity contribution in [2.75, 3.05) is 0 Å². The average molecular weight is 361 g/mol. The van der Waals surface area contributed by atoms with Gasteiger partial charge in [-0.25, -0.2) is 10.8 Å². The van der Waals surface area contributed by atoms with Gasteiger partial charge in [0.15, 0.2) is 5.84 Å². The van der Waals surface area contributed by atoms with Crippen molar-refractivity contribution in [3.8, 4) is 11.6 Å². The van der Waals surface area contributed by atoms with Crippen molar-refractivity contribution in [2.45, 2.75) is 0 Å². The van der Waals surface area contributed by atoms with Gasteiger partial charge in [-0.2, -0.15) is 5.10 Å². The van der Waals surface area contributed by atoms with Crippen molar-refractivity contribution in [3.05, 3.63) is 65.5 Å². The molecule has 0 aliphatic carbocycles. The maximum atomic E-state index is 6.03. The molecule has 0 amide bonds. The van der Waals surface area contributed by atoms with E-state index in [9.17, 15) is 0 Å². The number of nitrogens with one attached hydrogen (secondary N) is 1. The number of benzene rings is 2. The van der Waals surface area contributed by atoms with Gasteiger partial charge in [-0.05, 0) is 29.6 Å². The van der Waals surface area contributed by atoms with Crippen LogP contribution in [0.2, 0.25) is 0 Å². The van der Waals surface area contributed by atoms with E-state index in [1.807, 2.05) is 60.0 Å². The first-order chi connectivity index (χ1) is 12.8. The molecule has 3 N–H and O–H groups in total. The van der Waals surface area contributed by atoms with E-state index >= 15 is 0 Å². The quantitative estimate of drug-likeness (QED) is 0.248. The smallest absolute Gasteiger partial charge is 0.228 e. The molecule has 0 bridgehead atoms. The summed E-state index contributed by atoms with van der Waals surface area (Å²) < 4.78 is 7.15. The fourth-order valence-corrected chi connectivity index (χ4v) is 3.66. The van der Waals surface area contributed by atoms with E-state index in [-0.39, 0.29) is 0 Å². The predicted octanol–water partition coefficient (Wildman–Crippen LogP) is 4.07. The van der Waals surface area contributed by atoms with Crippen LogP contribution >= 0.6 is 11.3 Å². The van der Waals surface area contributed by atoms with E-state index in [0.29, 0.717) is 11.7 Å². The van der Waals surface area contributed by atoms with Gasteiger partial charge in [0.05, 0.1) is 10.9 Å². The predicted molar refractivity (Wildman–Crippen MR) is 107 cm³/mol. The summed E-state index contributed by atoms with van der Waals surface area (Å²) in [5.41, 5.74) is 4.08. The van der Waals surface area contributed by atoms with E-state index in [4.69, 9.17) is 15.6 Å². The minimum atomic E-state index is 0.417. The van der Waals surface area contributed by atoms with Gasteiger partial charge in [0.1, 0.15) is 5.75 Å². The number of fused-ring (bicyclic) bond motifs is 3. The third-order valence-corrected chi connectivity index (χ3v) is 4.85. The zero-order chi connectivity index (χ0) is 17.9. The molecule has 0 fully saturated rings. The number of para-hydroxylation sites is 1. The Hall–Kier alpha value is -3.29. The summed E-state index contributed by atoms with van der Waals surface area (Å²) in [6.45, 7) is 3.36. The topological polar surface area (TPSA) is 84.9 Å². The molecule has 128 valence electrons. The second-order valence-electron chi connectivity index (χ2n) is 5.46. The Bertz CT molecular complexity index is 1120. The van der Waals surface area contributed by atoms with E-state index < -0.39 is 0 Å². The first-order valence-corrected chi connectivity index (χ1v) is 8.72. The van der Waals surface area contributed by atoms with Crippen LogP contribution in [0.3, 0.4) is 0 Å². The highest BCUT2D eigenvalue weighted by Gasteiger charge is 2.13. The molecule has 2 aromatic carbocycles. The Morgan fingerprint density at radius 1 is 1.12 bits per heavy atom. The molecule has 0 spiro atoms. The summed E-state index contributed by atoms with van der Waals surface area (Å²) in [6, 6.07) is 17.4. The standard InChI is InChI=1S/C19H15N5OS/c1-21-24-18(23-20)12-7-8-14-16(11-12)22-19(15-9-10-26-17(14)15)25-13-5-3-2-4-6-13/h2-11H,1,20H2,(H,23,24). The fourth-order valence-electron chi connectivity index (χ4n) is 2.74. The van der Waals surface area contributed by atoms with Crippen LogP contribution in [0.4, 0.5) is 0 Å². The second kappa shape index (κ2) is 6.91. The Morgan fingerprint density at radius 3 is 2.73 bits per heavy atom. The lowest BCUT2D eigenvalue weighted by molar-refractivity contribution is 0.471. The molecule has 2 heterocycles. The molecule has 0 atom stereocenters. The van der Waals surface area contributed by atoms with Gasteiger partial charge >= 0.3 is 0 Å². The number of nitrogens with two attached hydrogens (primary N) is 1. The maximum absolute atomic E-state index is 6.03.